The molecule has 4 heteroatoms. The van der Waals surface area contributed by atoms with E-state index in [1.165, 1.54) is 10.8 Å². The lowest BCUT2D eigenvalue weighted by molar-refractivity contribution is 0.801. The quantitative estimate of drug-likeness (QED) is 0.648. The predicted octanol–water partition coefficient (Wildman–Crippen LogP) is 3.16. The number of hydrogen-bond donors (Lipinski definition) is 0. The Morgan fingerprint density at radius 2 is 1.88 bits per heavy atom. The van der Waals surface area contributed by atoms with Gasteiger partial charge in [0.05, 0.1) is 23.5 Å². The Kier molecular flexibility index (Phi) is 2.53. The van der Waals surface area contributed by atoms with Crippen molar-refractivity contribution in [1.82, 2.24) is 15.0 Å². The Bertz CT molecular complexity index is 660. The minimum Gasteiger partial charge on any atom is -0.220 e. The fraction of sp³-hybridized carbons (Fsp3) is 0.0769. The molecule has 0 atom stereocenters. The average molecular weight is 244 g/mol. The molecule has 0 radical (unpaired) electrons. The monoisotopic (exact) mass is 243 g/mol. The number of halogens is 1. The van der Waals surface area contributed by atoms with Crippen LogP contribution in [0.4, 0.5) is 0 Å². The molecule has 0 amide bonds. The van der Waals surface area contributed by atoms with Crippen LogP contribution in [-0.2, 0) is 5.88 Å². The molecule has 0 spiro atoms. The molecule has 1 heterocycles. The Hall–Kier alpha value is -1.87. The van der Waals surface area contributed by atoms with E-state index in [2.05, 4.69) is 34.6 Å². The first-order valence-corrected chi connectivity index (χ1v) is 5.86. The molecule has 17 heavy (non-hydrogen) atoms. The summed E-state index contributed by atoms with van der Waals surface area (Å²) in [5.41, 5.74) is 1.77. The van der Waals surface area contributed by atoms with Gasteiger partial charge in [0.15, 0.2) is 0 Å². The lowest BCUT2D eigenvalue weighted by Crippen LogP contribution is -1.94. The summed E-state index contributed by atoms with van der Waals surface area (Å²) in [4.78, 5) is 0. The van der Waals surface area contributed by atoms with Gasteiger partial charge in [0, 0.05) is 0 Å². The molecule has 0 aliphatic rings. The van der Waals surface area contributed by atoms with Crippen molar-refractivity contribution in [1.29, 1.82) is 0 Å². The summed E-state index contributed by atoms with van der Waals surface area (Å²) in [7, 11) is 0. The average Bonchev–Trinajstić information content (AvgIpc) is 2.87. The minimum atomic E-state index is 0.383. The summed E-state index contributed by atoms with van der Waals surface area (Å²) in [6.07, 6.45) is 1.84. The summed E-state index contributed by atoms with van der Waals surface area (Å²) in [5.74, 6) is 0.383. The summed E-state index contributed by atoms with van der Waals surface area (Å²) in [5, 5.41) is 10.4. The SMILES string of the molecule is ClCc1cn(-c2ccc3ccccc3c2)nn1. The number of fused-ring (bicyclic) bond motifs is 1. The van der Waals surface area contributed by atoms with Crippen molar-refractivity contribution < 1.29 is 0 Å². The van der Waals surface area contributed by atoms with E-state index in [0.29, 0.717) is 5.88 Å². The molecule has 0 unspecified atom stereocenters. The molecule has 0 aliphatic heterocycles. The normalized spacial score (nSPS) is 10.9. The molecule has 0 saturated heterocycles. The van der Waals surface area contributed by atoms with Crippen LogP contribution >= 0.6 is 11.6 Å². The maximum absolute atomic E-state index is 5.71. The Morgan fingerprint density at radius 1 is 1.06 bits per heavy atom. The highest BCUT2D eigenvalue weighted by Gasteiger charge is 2.02. The van der Waals surface area contributed by atoms with Crippen LogP contribution in [0.25, 0.3) is 16.5 Å². The summed E-state index contributed by atoms with van der Waals surface area (Å²) in [6, 6.07) is 14.4. The van der Waals surface area contributed by atoms with Gasteiger partial charge in [-0.15, -0.1) is 16.7 Å². The molecule has 84 valence electrons. The molecule has 1 aromatic heterocycles. The fourth-order valence-electron chi connectivity index (χ4n) is 1.81. The number of rotatable bonds is 2. The zero-order valence-corrected chi connectivity index (χ0v) is 9.80. The van der Waals surface area contributed by atoms with Crippen molar-refractivity contribution in [2.24, 2.45) is 0 Å². The van der Waals surface area contributed by atoms with Gasteiger partial charge in [0.25, 0.3) is 0 Å². The van der Waals surface area contributed by atoms with Gasteiger partial charge < -0.3 is 0 Å². The van der Waals surface area contributed by atoms with Crippen LogP contribution in [0.2, 0.25) is 0 Å². The minimum absolute atomic E-state index is 0.383. The number of nitrogens with zero attached hydrogens (tertiary/aromatic N) is 3. The van der Waals surface area contributed by atoms with Crippen LogP contribution in [0.5, 0.6) is 0 Å². The first-order valence-electron chi connectivity index (χ1n) is 5.33. The first-order chi connectivity index (χ1) is 8.36. The lowest BCUT2D eigenvalue weighted by Gasteiger charge is -2.02. The second kappa shape index (κ2) is 4.18. The maximum Gasteiger partial charge on any atom is 0.0979 e. The molecule has 0 aliphatic carbocycles. The van der Waals surface area contributed by atoms with Crippen molar-refractivity contribution >= 4 is 22.4 Å². The molecule has 3 aromatic rings. The first kappa shape index (κ1) is 10.3. The second-order valence-corrected chi connectivity index (χ2v) is 4.09. The van der Waals surface area contributed by atoms with Crippen LogP contribution in [0.3, 0.4) is 0 Å². The molecule has 0 fully saturated rings. The van der Waals surface area contributed by atoms with Crippen molar-refractivity contribution in [3.63, 3.8) is 0 Å². The van der Waals surface area contributed by atoms with E-state index in [1.807, 2.05) is 24.4 Å². The van der Waals surface area contributed by atoms with E-state index in [4.69, 9.17) is 11.6 Å². The number of alkyl halides is 1. The maximum atomic E-state index is 5.71. The standard InChI is InChI=1S/C13H10ClN3/c14-8-12-9-17(16-15-12)13-6-5-10-3-1-2-4-11(10)7-13/h1-7,9H,8H2. The molecule has 3 rings (SSSR count). The van der Waals surface area contributed by atoms with Crippen LogP contribution in [0.1, 0.15) is 5.69 Å². The highest BCUT2D eigenvalue weighted by molar-refractivity contribution is 6.16. The molecule has 0 saturated carbocycles. The van der Waals surface area contributed by atoms with E-state index >= 15 is 0 Å². The van der Waals surface area contributed by atoms with Crippen LogP contribution < -0.4 is 0 Å². The molecule has 0 N–H and O–H groups in total. The van der Waals surface area contributed by atoms with Gasteiger partial charge in [-0.2, -0.15) is 0 Å². The van der Waals surface area contributed by atoms with Crippen LogP contribution in [0.15, 0.2) is 48.7 Å². The van der Waals surface area contributed by atoms with E-state index in [1.54, 1.807) is 4.68 Å². The van der Waals surface area contributed by atoms with Gasteiger partial charge in [0.2, 0.25) is 0 Å². The smallest absolute Gasteiger partial charge is 0.0979 e. The molecule has 2 aromatic carbocycles. The molecule has 3 nitrogen and oxygen atoms in total. The van der Waals surface area contributed by atoms with E-state index in [-0.39, 0.29) is 0 Å². The summed E-state index contributed by atoms with van der Waals surface area (Å²) < 4.78 is 1.74. The van der Waals surface area contributed by atoms with E-state index in [9.17, 15) is 0 Å². The van der Waals surface area contributed by atoms with E-state index < -0.39 is 0 Å². The third kappa shape index (κ3) is 1.89. The Morgan fingerprint density at radius 3 is 2.65 bits per heavy atom. The summed E-state index contributed by atoms with van der Waals surface area (Å²) in [6.45, 7) is 0. The number of aromatic nitrogens is 3. The van der Waals surface area contributed by atoms with Gasteiger partial charge in [-0.25, -0.2) is 4.68 Å². The Balaban J connectivity index is 2.11. The molecular formula is C13H10ClN3. The third-order valence-corrected chi connectivity index (χ3v) is 2.95. The largest absolute Gasteiger partial charge is 0.220 e. The number of benzene rings is 2. The van der Waals surface area contributed by atoms with Crippen molar-refractivity contribution in [3.05, 3.63) is 54.4 Å². The highest BCUT2D eigenvalue weighted by Crippen LogP contribution is 2.17. The van der Waals surface area contributed by atoms with Crippen molar-refractivity contribution in [3.8, 4) is 5.69 Å². The zero-order valence-electron chi connectivity index (χ0n) is 9.05. The van der Waals surface area contributed by atoms with Gasteiger partial charge in [-0.3, -0.25) is 0 Å². The van der Waals surface area contributed by atoms with Crippen molar-refractivity contribution in [2.75, 3.05) is 0 Å². The molecule has 0 bridgehead atoms. The summed E-state index contributed by atoms with van der Waals surface area (Å²) >= 11 is 5.71. The van der Waals surface area contributed by atoms with Crippen molar-refractivity contribution in [2.45, 2.75) is 5.88 Å². The number of hydrogen-bond acceptors (Lipinski definition) is 2. The topological polar surface area (TPSA) is 30.7 Å². The van der Waals surface area contributed by atoms with Gasteiger partial charge >= 0.3 is 0 Å². The second-order valence-electron chi connectivity index (χ2n) is 3.82. The van der Waals surface area contributed by atoms with Crippen LogP contribution in [-0.4, -0.2) is 15.0 Å². The lowest BCUT2D eigenvalue weighted by atomic mass is 10.1. The van der Waals surface area contributed by atoms with E-state index in [0.717, 1.165) is 11.4 Å². The van der Waals surface area contributed by atoms with Gasteiger partial charge in [0.1, 0.15) is 0 Å². The highest BCUT2D eigenvalue weighted by atomic mass is 35.5. The Labute approximate surface area is 104 Å². The fourth-order valence-corrected chi connectivity index (χ4v) is 1.93. The predicted molar refractivity (Wildman–Crippen MR) is 68.4 cm³/mol. The van der Waals surface area contributed by atoms with Gasteiger partial charge in [-0.1, -0.05) is 35.5 Å². The molecular weight excluding hydrogens is 234 g/mol. The van der Waals surface area contributed by atoms with Crippen LogP contribution in [0, 0.1) is 0 Å². The third-order valence-electron chi connectivity index (χ3n) is 2.68. The van der Waals surface area contributed by atoms with Gasteiger partial charge in [-0.05, 0) is 22.9 Å². The zero-order chi connectivity index (χ0) is 11.7.